The van der Waals surface area contributed by atoms with Crippen LogP contribution in [0.5, 0.6) is 0 Å². The van der Waals surface area contributed by atoms with Crippen molar-refractivity contribution < 1.29 is 0 Å². The lowest BCUT2D eigenvalue weighted by Gasteiger charge is -2.20. The second kappa shape index (κ2) is 17.4. The molecule has 8 nitrogen and oxygen atoms in total. The number of nitriles is 1. The van der Waals surface area contributed by atoms with Gasteiger partial charge >= 0.3 is 0 Å². The van der Waals surface area contributed by atoms with Crippen LogP contribution in [0.3, 0.4) is 0 Å². The Hall–Kier alpha value is -10.4. The average molecular weight is 975 g/mol. The highest BCUT2D eigenvalue weighted by Crippen LogP contribution is 2.41. The van der Waals surface area contributed by atoms with E-state index in [1.807, 2.05) is 175 Å². The molecule has 76 heavy (non-hydrogen) atoms. The first-order valence-corrected chi connectivity index (χ1v) is 25.2. The molecule has 0 saturated heterocycles. The summed E-state index contributed by atoms with van der Waals surface area (Å²) in [5, 5.41) is 18.0. The molecule has 14 aromatic rings. The Morgan fingerprint density at radius 1 is 0.355 bits per heavy atom. The summed E-state index contributed by atoms with van der Waals surface area (Å²) in [5.74, 6) is 1.59. The van der Waals surface area contributed by atoms with E-state index < -0.39 is 0 Å². The molecule has 0 spiro atoms. The minimum absolute atomic E-state index is 0.125. The predicted octanol–water partition coefficient (Wildman–Crippen LogP) is 15.4. The van der Waals surface area contributed by atoms with Crippen molar-refractivity contribution in [3.05, 3.63) is 256 Å². The van der Waals surface area contributed by atoms with Gasteiger partial charge < -0.3 is 0 Å². The number of hydrogen-bond acceptors (Lipinski definition) is 6. The van der Waals surface area contributed by atoms with Crippen molar-refractivity contribution in [3.8, 4) is 73.6 Å². The largest absolute Gasteiger partial charge is 0.279 e. The van der Waals surface area contributed by atoms with E-state index in [1.54, 1.807) is 4.40 Å². The number of aromatic nitrogens is 5. The van der Waals surface area contributed by atoms with E-state index in [4.69, 9.17) is 15.0 Å². The third kappa shape index (κ3) is 6.87. The zero-order chi connectivity index (χ0) is 51.2. The first-order valence-electron chi connectivity index (χ1n) is 25.2. The third-order valence-electron chi connectivity index (χ3n) is 15.2. The Morgan fingerprint density at radius 2 is 0.803 bits per heavy atom. The van der Waals surface area contributed by atoms with E-state index in [0.29, 0.717) is 44.7 Å². The monoisotopic (exact) mass is 974 g/mol. The fraction of sp³-hybridized carbons (Fsp3) is 0.0294. The Kier molecular flexibility index (Phi) is 10.2. The van der Waals surface area contributed by atoms with Crippen molar-refractivity contribution in [1.29, 1.82) is 5.26 Å². The van der Waals surface area contributed by atoms with Crippen molar-refractivity contribution in [2.75, 3.05) is 0 Å². The van der Waals surface area contributed by atoms with Crippen molar-refractivity contribution in [3.63, 3.8) is 0 Å². The summed E-state index contributed by atoms with van der Waals surface area (Å²) in [6.07, 6.45) is 0. The van der Waals surface area contributed by atoms with Crippen LogP contribution in [0.2, 0.25) is 0 Å². The standard InChI is InChI=1S/C68H42N6O2/c1-40-41(2)73-63(61(43-19-9-4-10-20-43)57-38-49(29-33-54(57)67(73)75)66-71-64(44-21-11-5-12-22-44)70-65(72-66)45-23-13-6-14-24-45)53-32-28-47(35-55(40)53)48-27-31-51-58(37-48)68(76)74-60-34-30-46(42-17-7-3-8-18-42)36-56(60)50-25-15-16-26-52(50)62(74)59(51)39-69/h3-38H,1-2H3. The van der Waals surface area contributed by atoms with Crippen LogP contribution in [-0.4, -0.2) is 23.8 Å². The highest BCUT2D eigenvalue weighted by Gasteiger charge is 2.23. The van der Waals surface area contributed by atoms with Crippen LogP contribution in [0.1, 0.15) is 16.8 Å². The lowest BCUT2D eigenvalue weighted by Crippen LogP contribution is -2.19. The molecule has 5 heterocycles. The Morgan fingerprint density at radius 3 is 1.43 bits per heavy atom. The first-order chi connectivity index (χ1) is 37.3. The topological polar surface area (TPSA) is 105 Å². The summed E-state index contributed by atoms with van der Waals surface area (Å²) in [4.78, 5) is 45.4. The highest BCUT2D eigenvalue weighted by molar-refractivity contribution is 6.17. The van der Waals surface area contributed by atoms with Crippen LogP contribution < -0.4 is 11.1 Å². The van der Waals surface area contributed by atoms with E-state index in [9.17, 15) is 5.26 Å². The van der Waals surface area contributed by atoms with Crippen LogP contribution in [0, 0.1) is 25.2 Å². The van der Waals surface area contributed by atoms with Gasteiger partial charge in [-0.05, 0) is 99.8 Å². The third-order valence-corrected chi connectivity index (χ3v) is 15.2. The molecule has 0 atom stereocenters. The Bertz CT molecular complexity index is 4870. The molecule has 0 unspecified atom stereocenters. The number of benzene rings is 9. The summed E-state index contributed by atoms with van der Waals surface area (Å²) in [6, 6.07) is 75.0. The van der Waals surface area contributed by atoms with E-state index in [0.717, 1.165) is 105 Å². The van der Waals surface area contributed by atoms with Crippen LogP contribution >= 0.6 is 0 Å². The molecule has 0 aliphatic rings. The maximum absolute atomic E-state index is 15.2. The molecular formula is C68H42N6O2. The number of pyridine rings is 4. The van der Waals surface area contributed by atoms with Crippen molar-refractivity contribution in [2.24, 2.45) is 0 Å². The van der Waals surface area contributed by atoms with Crippen molar-refractivity contribution in [1.82, 2.24) is 23.8 Å². The fourth-order valence-electron chi connectivity index (χ4n) is 11.4. The molecule has 9 aromatic carbocycles. The lowest BCUT2D eigenvalue weighted by atomic mass is 9.91. The number of fused-ring (bicyclic) bond motifs is 11. The quantitative estimate of drug-likeness (QED) is 0.121. The lowest BCUT2D eigenvalue weighted by molar-refractivity contribution is 1.03. The maximum atomic E-state index is 15.2. The van der Waals surface area contributed by atoms with Crippen LogP contribution in [0.4, 0.5) is 0 Å². The minimum atomic E-state index is -0.198. The molecular weight excluding hydrogens is 933 g/mol. The van der Waals surface area contributed by atoms with E-state index in [1.165, 1.54) is 0 Å². The van der Waals surface area contributed by atoms with Gasteiger partial charge in [0.05, 0.1) is 22.1 Å². The van der Waals surface area contributed by atoms with E-state index >= 15 is 9.59 Å². The molecule has 0 aliphatic heterocycles. The van der Waals surface area contributed by atoms with Gasteiger partial charge in [-0.1, -0.05) is 182 Å². The van der Waals surface area contributed by atoms with Crippen molar-refractivity contribution in [2.45, 2.75) is 13.8 Å². The van der Waals surface area contributed by atoms with Crippen molar-refractivity contribution >= 4 is 65.0 Å². The van der Waals surface area contributed by atoms with Gasteiger partial charge in [-0.2, -0.15) is 5.26 Å². The first kappa shape index (κ1) is 44.3. The number of rotatable bonds is 6. The molecule has 0 fully saturated rings. The minimum Gasteiger partial charge on any atom is -0.279 e. The maximum Gasteiger partial charge on any atom is 0.263 e. The number of nitrogens with zero attached hydrogens (tertiary/aromatic N) is 6. The summed E-state index contributed by atoms with van der Waals surface area (Å²) >= 11 is 0. The normalized spacial score (nSPS) is 11.6. The summed E-state index contributed by atoms with van der Waals surface area (Å²) in [7, 11) is 0. The second-order valence-electron chi connectivity index (χ2n) is 19.4. The summed E-state index contributed by atoms with van der Waals surface area (Å²) in [6.45, 7) is 4.07. The smallest absolute Gasteiger partial charge is 0.263 e. The SMILES string of the molecule is Cc1c(C)n2c(=O)c3ccc(-c4nc(-c5ccccc5)nc(-c5ccccc5)n4)cc3c(-c3ccccc3)c2c2ccc(-c3ccc4c(C#N)c5c6ccccc6c6cc(-c7ccccc7)ccc6n5c(=O)c4c3)cc12. The second-order valence-corrected chi connectivity index (χ2v) is 19.4. The molecule has 0 amide bonds. The zero-order valence-electron chi connectivity index (χ0n) is 41.3. The zero-order valence-corrected chi connectivity index (χ0v) is 41.3. The summed E-state index contributed by atoms with van der Waals surface area (Å²) < 4.78 is 3.61. The van der Waals surface area contributed by atoms with Crippen LogP contribution in [0.15, 0.2) is 228 Å². The predicted molar refractivity (Wildman–Crippen MR) is 309 cm³/mol. The van der Waals surface area contributed by atoms with Gasteiger partial charge in [0.25, 0.3) is 11.1 Å². The fourth-order valence-corrected chi connectivity index (χ4v) is 11.4. The van der Waals surface area contributed by atoms with Crippen LogP contribution in [0.25, 0.3) is 133 Å². The van der Waals surface area contributed by atoms with E-state index in [-0.39, 0.29) is 11.1 Å². The number of hydrogen-bond donors (Lipinski definition) is 0. The molecule has 0 radical (unpaired) electrons. The van der Waals surface area contributed by atoms with Gasteiger partial charge in [0, 0.05) is 60.3 Å². The molecule has 356 valence electrons. The molecule has 5 aromatic heterocycles. The van der Waals surface area contributed by atoms with Gasteiger partial charge in [-0.25, -0.2) is 15.0 Å². The van der Waals surface area contributed by atoms with Crippen LogP contribution in [-0.2, 0) is 0 Å². The molecule has 8 heteroatoms. The molecule has 0 N–H and O–H groups in total. The summed E-state index contributed by atoms with van der Waals surface area (Å²) in [5.41, 5.74) is 12.2. The Balaban J connectivity index is 0.987. The molecule has 14 rings (SSSR count). The van der Waals surface area contributed by atoms with Gasteiger partial charge in [0.1, 0.15) is 6.07 Å². The highest BCUT2D eigenvalue weighted by atomic mass is 16.1. The van der Waals surface area contributed by atoms with Gasteiger partial charge in [-0.3, -0.25) is 18.4 Å². The molecule has 0 bridgehead atoms. The van der Waals surface area contributed by atoms with Gasteiger partial charge in [0.2, 0.25) is 0 Å². The van der Waals surface area contributed by atoms with Gasteiger partial charge in [-0.15, -0.1) is 0 Å². The van der Waals surface area contributed by atoms with Gasteiger partial charge in [0.15, 0.2) is 17.5 Å². The average Bonchev–Trinajstić information content (AvgIpc) is 3.67. The molecule has 0 saturated carbocycles. The Labute approximate surface area is 435 Å². The molecule has 0 aliphatic carbocycles. The van der Waals surface area contributed by atoms with E-state index in [2.05, 4.69) is 67.6 Å². The number of aryl methyl sites for hydroxylation is 2.